The zero-order valence-corrected chi connectivity index (χ0v) is 10.6. The number of hydrogen-bond donors (Lipinski definition) is 1. The second-order valence-electron chi connectivity index (χ2n) is 3.90. The molecular weight excluding hydrogens is 222 g/mol. The molecular formula is C11H19N3OS. The zero-order valence-electron chi connectivity index (χ0n) is 9.74. The third-order valence-corrected chi connectivity index (χ3v) is 3.50. The number of anilines is 1. The minimum atomic E-state index is 0.822. The first-order chi connectivity index (χ1) is 7.90. The van der Waals surface area contributed by atoms with Crippen LogP contribution in [0.4, 0.5) is 5.13 Å². The minimum absolute atomic E-state index is 0.822. The van der Waals surface area contributed by atoms with Crippen molar-refractivity contribution in [1.29, 1.82) is 0 Å². The molecule has 0 atom stereocenters. The van der Waals surface area contributed by atoms with Crippen molar-refractivity contribution in [2.45, 2.75) is 19.9 Å². The maximum atomic E-state index is 5.33. The van der Waals surface area contributed by atoms with Gasteiger partial charge in [0.25, 0.3) is 0 Å². The van der Waals surface area contributed by atoms with Crippen LogP contribution in [-0.2, 0) is 11.3 Å². The van der Waals surface area contributed by atoms with Gasteiger partial charge in [-0.25, -0.2) is 4.98 Å². The lowest BCUT2D eigenvalue weighted by molar-refractivity contribution is 0.122. The second kappa shape index (κ2) is 6.18. The van der Waals surface area contributed by atoms with Gasteiger partial charge in [-0.1, -0.05) is 6.92 Å². The van der Waals surface area contributed by atoms with Crippen LogP contribution in [0.1, 0.15) is 19.0 Å². The third-order valence-electron chi connectivity index (χ3n) is 2.55. The molecule has 2 heterocycles. The standard InChI is InChI=1S/C11H19N3OS/c1-2-3-12-8-10-9-16-11(13-10)14-4-6-15-7-5-14/h9,12H,2-8H2,1H3. The zero-order chi connectivity index (χ0) is 11.2. The molecule has 0 aromatic carbocycles. The van der Waals surface area contributed by atoms with Gasteiger partial charge < -0.3 is 15.0 Å². The van der Waals surface area contributed by atoms with Gasteiger partial charge in [0, 0.05) is 25.0 Å². The van der Waals surface area contributed by atoms with Gasteiger partial charge in [0.2, 0.25) is 0 Å². The van der Waals surface area contributed by atoms with Gasteiger partial charge in [-0.15, -0.1) is 11.3 Å². The Morgan fingerprint density at radius 1 is 1.50 bits per heavy atom. The molecule has 0 saturated carbocycles. The van der Waals surface area contributed by atoms with E-state index in [1.807, 2.05) is 0 Å². The molecule has 0 spiro atoms. The van der Waals surface area contributed by atoms with E-state index in [9.17, 15) is 0 Å². The Morgan fingerprint density at radius 3 is 3.06 bits per heavy atom. The lowest BCUT2D eigenvalue weighted by Crippen LogP contribution is -2.36. The predicted molar refractivity (Wildman–Crippen MR) is 67.1 cm³/mol. The molecule has 1 aromatic heterocycles. The van der Waals surface area contributed by atoms with Crippen LogP contribution in [0.5, 0.6) is 0 Å². The summed E-state index contributed by atoms with van der Waals surface area (Å²) in [4.78, 5) is 6.94. The fourth-order valence-corrected chi connectivity index (χ4v) is 2.55. The molecule has 5 heteroatoms. The summed E-state index contributed by atoms with van der Waals surface area (Å²) in [5.41, 5.74) is 1.15. The Balaban J connectivity index is 1.85. The van der Waals surface area contributed by atoms with E-state index in [-0.39, 0.29) is 0 Å². The number of thiazole rings is 1. The number of ether oxygens (including phenoxy) is 1. The van der Waals surface area contributed by atoms with Crippen molar-refractivity contribution in [2.75, 3.05) is 37.7 Å². The maximum absolute atomic E-state index is 5.33. The van der Waals surface area contributed by atoms with Gasteiger partial charge in [0.1, 0.15) is 0 Å². The summed E-state index contributed by atoms with van der Waals surface area (Å²) in [6.45, 7) is 7.70. The van der Waals surface area contributed by atoms with Crippen molar-refractivity contribution >= 4 is 16.5 Å². The molecule has 90 valence electrons. The highest BCUT2D eigenvalue weighted by Crippen LogP contribution is 2.21. The van der Waals surface area contributed by atoms with E-state index in [4.69, 9.17) is 4.74 Å². The molecule has 16 heavy (non-hydrogen) atoms. The Kier molecular flexibility index (Phi) is 4.56. The third kappa shape index (κ3) is 3.17. The summed E-state index contributed by atoms with van der Waals surface area (Å²) < 4.78 is 5.33. The fraction of sp³-hybridized carbons (Fsp3) is 0.727. The molecule has 1 aliphatic rings. The number of nitrogens with one attached hydrogen (secondary N) is 1. The first-order valence-corrected chi connectivity index (χ1v) is 6.76. The lowest BCUT2D eigenvalue weighted by Gasteiger charge is -2.26. The van der Waals surface area contributed by atoms with Crippen LogP contribution in [-0.4, -0.2) is 37.8 Å². The molecule has 1 aromatic rings. The van der Waals surface area contributed by atoms with Crippen LogP contribution in [0.2, 0.25) is 0 Å². The Hall–Kier alpha value is -0.650. The minimum Gasteiger partial charge on any atom is -0.378 e. The van der Waals surface area contributed by atoms with Crippen LogP contribution in [0.25, 0.3) is 0 Å². The summed E-state index contributed by atoms with van der Waals surface area (Å²) in [5, 5.41) is 6.65. The van der Waals surface area contributed by atoms with Crippen molar-refractivity contribution in [3.05, 3.63) is 11.1 Å². The summed E-state index contributed by atoms with van der Waals surface area (Å²) in [6, 6.07) is 0. The van der Waals surface area contributed by atoms with Gasteiger partial charge >= 0.3 is 0 Å². The molecule has 1 aliphatic heterocycles. The second-order valence-corrected chi connectivity index (χ2v) is 4.73. The van der Waals surface area contributed by atoms with Crippen LogP contribution >= 0.6 is 11.3 Å². The van der Waals surface area contributed by atoms with Gasteiger partial charge in [-0.05, 0) is 13.0 Å². The number of morpholine rings is 1. The Labute approximate surface area is 101 Å². The average molecular weight is 241 g/mol. The van der Waals surface area contributed by atoms with Gasteiger partial charge in [0.05, 0.1) is 18.9 Å². The first-order valence-electron chi connectivity index (χ1n) is 5.88. The molecule has 0 amide bonds. The van der Waals surface area contributed by atoms with Crippen LogP contribution in [0, 0.1) is 0 Å². The Bertz CT molecular complexity index is 310. The van der Waals surface area contributed by atoms with E-state index >= 15 is 0 Å². The molecule has 1 saturated heterocycles. The van der Waals surface area contributed by atoms with Crippen molar-refractivity contribution in [2.24, 2.45) is 0 Å². The highest BCUT2D eigenvalue weighted by atomic mass is 32.1. The number of aromatic nitrogens is 1. The first kappa shape index (κ1) is 11.8. The Morgan fingerprint density at radius 2 is 2.31 bits per heavy atom. The molecule has 0 aliphatic carbocycles. The molecule has 0 unspecified atom stereocenters. The van der Waals surface area contributed by atoms with Crippen LogP contribution in [0.15, 0.2) is 5.38 Å². The molecule has 1 N–H and O–H groups in total. The topological polar surface area (TPSA) is 37.4 Å². The van der Waals surface area contributed by atoms with E-state index in [0.717, 1.165) is 50.2 Å². The molecule has 0 radical (unpaired) electrons. The van der Waals surface area contributed by atoms with E-state index in [2.05, 4.69) is 27.5 Å². The lowest BCUT2D eigenvalue weighted by atomic mass is 10.4. The fourth-order valence-electron chi connectivity index (χ4n) is 1.67. The highest BCUT2D eigenvalue weighted by molar-refractivity contribution is 7.13. The van der Waals surface area contributed by atoms with E-state index in [0.29, 0.717) is 0 Å². The van der Waals surface area contributed by atoms with Crippen molar-refractivity contribution in [3.8, 4) is 0 Å². The van der Waals surface area contributed by atoms with Crippen molar-refractivity contribution < 1.29 is 4.74 Å². The smallest absolute Gasteiger partial charge is 0.185 e. The summed E-state index contributed by atoms with van der Waals surface area (Å²) in [5.74, 6) is 0. The molecule has 0 bridgehead atoms. The molecule has 2 rings (SSSR count). The van der Waals surface area contributed by atoms with E-state index in [1.54, 1.807) is 11.3 Å². The normalized spacial score (nSPS) is 16.7. The number of hydrogen-bond acceptors (Lipinski definition) is 5. The quantitative estimate of drug-likeness (QED) is 0.792. The van der Waals surface area contributed by atoms with Crippen LogP contribution in [0.3, 0.4) is 0 Å². The number of nitrogens with zero attached hydrogens (tertiary/aromatic N) is 2. The van der Waals surface area contributed by atoms with Crippen molar-refractivity contribution in [3.63, 3.8) is 0 Å². The average Bonchev–Trinajstić information content (AvgIpc) is 2.79. The highest BCUT2D eigenvalue weighted by Gasteiger charge is 2.14. The number of rotatable bonds is 5. The van der Waals surface area contributed by atoms with E-state index in [1.165, 1.54) is 6.42 Å². The molecule has 1 fully saturated rings. The maximum Gasteiger partial charge on any atom is 0.185 e. The van der Waals surface area contributed by atoms with Gasteiger partial charge in [-0.3, -0.25) is 0 Å². The SMILES string of the molecule is CCCNCc1csc(N2CCOCC2)n1. The van der Waals surface area contributed by atoms with Gasteiger partial charge in [-0.2, -0.15) is 0 Å². The largest absolute Gasteiger partial charge is 0.378 e. The molecule has 4 nitrogen and oxygen atoms in total. The monoisotopic (exact) mass is 241 g/mol. The predicted octanol–water partition coefficient (Wildman–Crippen LogP) is 1.48. The summed E-state index contributed by atoms with van der Waals surface area (Å²) in [7, 11) is 0. The van der Waals surface area contributed by atoms with Crippen LogP contribution < -0.4 is 10.2 Å². The van der Waals surface area contributed by atoms with E-state index < -0.39 is 0 Å². The van der Waals surface area contributed by atoms with Gasteiger partial charge in [0.15, 0.2) is 5.13 Å². The summed E-state index contributed by atoms with van der Waals surface area (Å²) >= 11 is 1.73. The summed E-state index contributed by atoms with van der Waals surface area (Å²) in [6.07, 6.45) is 1.17. The van der Waals surface area contributed by atoms with Crippen molar-refractivity contribution in [1.82, 2.24) is 10.3 Å².